The minimum absolute atomic E-state index is 0.0816. The summed E-state index contributed by atoms with van der Waals surface area (Å²) in [4.78, 5) is 16.8. The fourth-order valence-electron chi connectivity index (χ4n) is 1.74. The molecule has 5 nitrogen and oxygen atoms in total. The molecule has 2 rings (SSSR count). The van der Waals surface area contributed by atoms with Crippen molar-refractivity contribution >= 4 is 17.3 Å². The Bertz CT molecular complexity index is 559. The van der Waals surface area contributed by atoms with Gasteiger partial charge in [0.25, 0.3) is 0 Å². The lowest BCUT2D eigenvalue weighted by Crippen LogP contribution is -2.37. The van der Waals surface area contributed by atoms with Crippen LogP contribution in [-0.2, 0) is 4.79 Å². The van der Waals surface area contributed by atoms with E-state index in [1.54, 1.807) is 41.6 Å². The molecule has 1 amide bonds. The van der Waals surface area contributed by atoms with Gasteiger partial charge < -0.3 is 16.0 Å². The van der Waals surface area contributed by atoms with Crippen LogP contribution in [0, 0.1) is 5.82 Å². The zero-order valence-electron chi connectivity index (χ0n) is 10.8. The summed E-state index contributed by atoms with van der Waals surface area (Å²) < 4.78 is 12.8. The predicted molar refractivity (Wildman–Crippen MR) is 75.7 cm³/mol. The molecule has 2 aromatic rings. The molecule has 0 fully saturated rings. The van der Waals surface area contributed by atoms with Gasteiger partial charge in [-0.1, -0.05) is 0 Å². The molecule has 20 heavy (non-hydrogen) atoms. The first-order valence-electron chi connectivity index (χ1n) is 6.08. The molecule has 0 spiro atoms. The maximum atomic E-state index is 12.8. The van der Waals surface area contributed by atoms with Crippen molar-refractivity contribution in [1.29, 1.82) is 0 Å². The van der Waals surface area contributed by atoms with E-state index in [0.29, 0.717) is 6.67 Å². The second-order valence-electron chi connectivity index (χ2n) is 4.21. The van der Waals surface area contributed by atoms with Crippen LogP contribution in [0.5, 0.6) is 0 Å². The van der Waals surface area contributed by atoms with Crippen molar-refractivity contribution < 1.29 is 9.18 Å². The number of primary amides is 1. The number of nitrogens with zero attached hydrogens (tertiary/aromatic N) is 2. The molecule has 0 aliphatic rings. The van der Waals surface area contributed by atoms with Gasteiger partial charge in [-0.3, -0.25) is 9.78 Å². The molecule has 0 aliphatic carbocycles. The Hall–Kier alpha value is -2.63. The van der Waals surface area contributed by atoms with Crippen LogP contribution in [0.2, 0.25) is 0 Å². The van der Waals surface area contributed by atoms with Crippen LogP contribution in [0.25, 0.3) is 0 Å². The highest BCUT2D eigenvalue weighted by Crippen LogP contribution is 2.13. The Morgan fingerprint density at radius 1 is 1.20 bits per heavy atom. The second-order valence-corrected chi connectivity index (χ2v) is 4.21. The molecular weight excluding hydrogens is 259 g/mol. The Balaban J connectivity index is 2.04. The van der Waals surface area contributed by atoms with Crippen molar-refractivity contribution in [2.24, 2.45) is 5.73 Å². The molecule has 0 bridgehead atoms. The summed E-state index contributed by atoms with van der Waals surface area (Å²) in [5, 5.41) is 3.11. The smallest absolute Gasteiger partial charge is 0.237 e. The zero-order chi connectivity index (χ0) is 14.4. The average Bonchev–Trinajstić information content (AvgIpc) is 2.46. The van der Waals surface area contributed by atoms with E-state index in [0.717, 1.165) is 11.4 Å². The van der Waals surface area contributed by atoms with Crippen molar-refractivity contribution in [2.75, 3.05) is 23.4 Å². The van der Waals surface area contributed by atoms with Gasteiger partial charge in [0.05, 0.1) is 13.2 Å². The molecule has 0 saturated carbocycles. The molecule has 0 radical (unpaired) electrons. The van der Waals surface area contributed by atoms with Crippen LogP contribution in [0.1, 0.15) is 0 Å². The molecule has 0 aliphatic heterocycles. The minimum atomic E-state index is -0.428. The normalized spacial score (nSPS) is 10.1. The van der Waals surface area contributed by atoms with E-state index in [1.165, 1.54) is 12.1 Å². The number of amides is 1. The topological polar surface area (TPSA) is 71.2 Å². The van der Waals surface area contributed by atoms with Gasteiger partial charge in [0.2, 0.25) is 5.91 Å². The summed E-state index contributed by atoms with van der Waals surface area (Å²) in [6.07, 6.45) is 3.28. The fraction of sp³-hybridized carbons (Fsp3) is 0.143. The highest BCUT2D eigenvalue weighted by atomic mass is 19.1. The number of carbonyl (C=O) groups excluding carboxylic acids is 1. The van der Waals surface area contributed by atoms with E-state index in [2.05, 4.69) is 10.3 Å². The van der Waals surface area contributed by atoms with Crippen molar-refractivity contribution in [3.8, 4) is 0 Å². The summed E-state index contributed by atoms with van der Waals surface area (Å²) in [7, 11) is 0. The predicted octanol–water partition coefficient (Wildman–Crippen LogP) is 1.58. The number of nitrogens with two attached hydrogens (primary N) is 1. The molecule has 6 heteroatoms. The molecule has 104 valence electrons. The third kappa shape index (κ3) is 3.94. The lowest BCUT2D eigenvalue weighted by molar-refractivity contribution is -0.116. The zero-order valence-corrected chi connectivity index (χ0v) is 10.8. The van der Waals surface area contributed by atoms with E-state index in [-0.39, 0.29) is 12.4 Å². The Morgan fingerprint density at radius 2 is 1.85 bits per heavy atom. The number of anilines is 2. The van der Waals surface area contributed by atoms with Crippen LogP contribution >= 0.6 is 0 Å². The number of rotatable bonds is 6. The largest absolute Gasteiger partial charge is 0.368 e. The van der Waals surface area contributed by atoms with Gasteiger partial charge in [-0.2, -0.15) is 0 Å². The summed E-state index contributed by atoms with van der Waals surface area (Å²) in [6.45, 7) is 0.455. The highest BCUT2D eigenvalue weighted by Gasteiger charge is 2.09. The average molecular weight is 274 g/mol. The molecule has 0 unspecified atom stereocenters. The molecule has 1 aromatic carbocycles. The van der Waals surface area contributed by atoms with Crippen LogP contribution in [0.15, 0.2) is 48.8 Å². The van der Waals surface area contributed by atoms with E-state index in [4.69, 9.17) is 5.73 Å². The second kappa shape index (κ2) is 6.51. The van der Waals surface area contributed by atoms with Gasteiger partial charge in [-0.15, -0.1) is 0 Å². The van der Waals surface area contributed by atoms with E-state index < -0.39 is 5.91 Å². The lowest BCUT2D eigenvalue weighted by atomic mass is 10.3. The van der Waals surface area contributed by atoms with Crippen molar-refractivity contribution in [3.05, 3.63) is 54.6 Å². The number of nitrogens with one attached hydrogen (secondary N) is 1. The van der Waals surface area contributed by atoms with Crippen molar-refractivity contribution in [1.82, 2.24) is 4.98 Å². The summed E-state index contributed by atoms with van der Waals surface area (Å²) in [5.74, 6) is -0.721. The Labute approximate surface area is 116 Å². The maximum absolute atomic E-state index is 12.8. The molecule has 0 atom stereocenters. The van der Waals surface area contributed by atoms with Crippen LogP contribution in [0.4, 0.5) is 15.8 Å². The first-order chi connectivity index (χ1) is 9.65. The third-order valence-electron chi connectivity index (χ3n) is 2.69. The van der Waals surface area contributed by atoms with Gasteiger partial charge in [0.15, 0.2) is 0 Å². The molecule has 3 N–H and O–H groups in total. The maximum Gasteiger partial charge on any atom is 0.237 e. The SMILES string of the molecule is NC(=O)CN(CNc1ccc(F)cc1)c1ccncc1. The molecule has 0 saturated heterocycles. The monoisotopic (exact) mass is 274 g/mol. The fourth-order valence-corrected chi connectivity index (χ4v) is 1.74. The van der Waals surface area contributed by atoms with Gasteiger partial charge >= 0.3 is 0 Å². The van der Waals surface area contributed by atoms with E-state index in [1.807, 2.05) is 0 Å². The number of benzene rings is 1. The number of halogens is 1. The van der Waals surface area contributed by atoms with Crippen LogP contribution in [-0.4, -0.2) is 24.1 Å². The molecular formula is C14H15FN4O. The number of aromatic nitrogens is 1. The summed E-state index contributed by atoms with van der Waals surface area (Å²) in [5.41, 5.74) is 6.83. The van der Waals surface area contributed by atoms with Gasteiger partial charge in [-0.05, 0) is 36.4 Å². The first kappa shape index (κ1) is 13.8. The highest BCUT2D eigenvalue weighted by molar-refractivity contribution is 5.79. The van der Waals surface area contributed by atoms with Crippen LogP contribution < -0.4 is 16.0 Å². The molecule has 1 aromatic heterocycles. The standard InChI is InChI=1S/C14H15FN4O/c15-11-1-3-12(4-2-11)18-10-19(9-14(16)20)13-5-7-17-8-6-13/h1-8,18H,9-10H2,(H2,16,20). The third-order valence-corrected chi connectivity index (χ3v) is 2.69. The van der Waals surface area contributed by atoms with Gasteiger partial charge in [0, 0.05) is 23.8 Å². The molecule has 1 heterocycles. The number of carbonyl (C=O) groups is 1. The van der Waals surface area contributed by atoms with E-state index >= 15 is 0 Å². The first-order valence-corrected chi connectivity index (χ1v) is 6.08. The quantitative estimate of drug-likeness (QED) is 0.785. The van der Waals surface area contributed by atoms with Gasteiger partial charge in [0.1, 0.15) is 5.82 Å². The Kier molecular flexibility index (Phi) is 4.49. The summed E-state index contributed by atoms with van der Waals surface area (Å²) >= 11 is 0. The number of pyridine rings is 1. The van der Waals surface area contributed by atoms with Crippen molar-refractivity contribution in [2.45, 2.75) is 0 Å². The lowest BCUT2D eigenvalue weighted by Gasteiger charge is -2.24. The van der Waals surface area contributed by atoms with Crippen LogP contribution in [0.3, 0.4) is 0 Å². The van der Waals surface area contributed by atoms with Crippen molar-refractivity contribution in [3.63, 3.8) is 0 Å². The summed E-state index contributed by atoms with van der Waals surface area (Å²) in [6, 6.07) is 9.57. The van der Waals surface area contributed by atoms with E-state index in [9.17, 15) is 9.18 Å². The Morgan fingerprint density at radius 3 is 2.45 bits per heavy atom. The minimum Gasteiger partial charge on any atom is -0.368 e. The van der Waals surface area contributed by atoms with Gasteiger partial charge in [-0.25, -0.2) is 4.39 Å². The number of hydrogen-bond donors (Lipinski definition) is 2. The number of hydrogen-bond acceptors (Lipinski definition) is 4.